The highest BCUT2D eigenvalue weighted by Crippen LogP contribution is 2.29. The second-order valence-electron chi connectivity index (χ2n) is 9.21. The number of ether oxygens (including phenoxy) is 1. The zero-order chi connectivity index (χ0) is 29.0. The van der Waals surface area contributed by atoms with E-state index in [1.54, 1.807) is 36.4 Å². The minimum atomic E-state index is -1.91. The molecule has 4 rings (SSSR count). The van der Waals surface area contributed by atoms with E-state index < -0.39 is 36.6 Å². The lowest BCUT2D eigenvalue weighted by atomic mass is 9.98. The Morgan fingerprint density at radius 3 is 2.33 bits per heavy atom. The first-order valence-corrected chi connectivity index (χ1v) is 12.2. The molecule has 2 aromatic carbocycles. The van der Waals surface area contributed by atoms with Gasteiger partial charge in [0.15, 0.2) is 0 Å². The third kappa shape index (κ3) is 5.91. The Kier molecular flexibility index (Phi) is 8.38. The zero-order valence-electron chi connectivity index (χ0n) is 21.5. The highest BCUT2D eigenvalue weighted by Gasteiger charge is 2.47. The van der Waals surface area contributed by atoms with E-state index in [4.69, 9.17) is 15.3 Å². The molecule has 40 heavy (non-hydrogen) atoms. The van der Waals surface area contributed by atoms with E-state index in [0.717, 1.165) is 22.4 Å². The van der Waals surface area contributed by atoms with Gasteiger partial charge in [-0.15, -0.1) is 0 Å². The van der Waals surface area contributed by atoms with Crippen molar-refractivity contribution >= 4 is 35.2 Å². The minimum absolute atomic E-state index is 0.0864. The van der Waals surface area contributed by atoms with Crippen molar-refractivity contribution in [3.8, 4) is 12.1 Å². The number of nitrogens with one attached hydrogen (secondary N) is 2. The quantitative estimate of drug-likeness (QED) is 0.207. The van der Waals surface area contributed by atoms with Crippen molar-refractivity contribution in [1.82, 2.24) is 4.98 Å². The van der Waals surface area contributed by atoms with E-state index in [1.165, 1.54) is 16.8 Å². The summed E-state index contributed by atoms with van der Waals surface area (Å²) in [5.74, 6) is -1.29. The Balaban J connectivity index is 1.74. The van der Waals surface area contributed by atoms with Gasteiger partial charge in [-0.1, -0.05) is 4.98 Å². The van der Waals surface area contributed by atoms with E-state index in [9.17, 15) is 25.2 Å². The molecule has 0 bridgehead atoms. The van der Waals surface area contributed by atoms with Crippen LogP contribution in [0.25, 0.3) is 6.08 Å². The normalized spacial score (nSPS) is 22.3. The van der Waals surface area contributed by atoms with Gasteiger partial charge >= 0.3 is 5.95 Å². The van der Waals surface area contributed by atoms with Gasteiger partial charge in [-0.3, -0.25) is 0 Å². The van der Waals surface area contributed by atoms with Gasteiger partial charge in [-0.25, -0.2) is 9.88 Å². The summed E-state index contributed by atoms with van der Waals surface area (Å²) >= 11 is 0. The lowest BCUT2D eigenvalue weighted by molar-refractivity contribution is -0.767. The number of aromatic nitrogens is 2. The van der Waals surface area contributed by atoms with Gasteiger partial charge < -0.3 is 35.3 Å². The van der Waals surface area contributed by atoms with Gasteiger partial charge in [0.2, 0.25) is 12.0 Å². The molecule has 0 aliphatic carbocycles. The lowest BCUT2D eigenvalue weighted by Gasteiger charge is -2.40. The fourth-order valence-corrected chi connectivity index (χ4v) is 4.39. The number of aliphatic hydroxyl groups excluding tert-OH is 3. The molecule has 12 nitrogen and oxygen atoms in total. The molecule has 5 atom stereocenters. The van der Waals surface area contributed by atoms with E-state index in [0.29, 0.717) is 17.1 Å². The van der Waals surface area contributed by atoms with E-state index in [-0.39, 0.29) is 5.95 Å². The number of hydrogen-bond donors (Lipinski definition) is 5. The number of benzene rings is 2. The van der Waals surface area contributed by atoms with Crippen molar-refractivity contribution in [3.63, 3.8) is 0 Å². The number of carboxylic acids is 1. The molecule has 1 aliphatic rings. The van der Waals surface area contributed by atoms with Gasteiger partial charge in [0.25, 0.3) is 0 Å². The van der Waals surface area contributed by atoms with Crippen LogP contribution < -0.4 is 20.3 Å². The molecule has 0 unspecified atom stereocenters. The molecule has 5 N–H and O–H groups in total. The Hall–Kier alpha value is -4.85. The molecule has 0 amide bonds. The van der Waals surface area contributed by atoms with Crippen molar-refractivity contribution in [2.45, 2.75) is 44.5 Å². The van der Waals surface area contributed by atoms with Crippen LogP contribution in [-0.4, -0.2) is 50.7 Å². The van der Waals surface area contributed by atoms with Gasteiger partial charge in [-0.2, -0.15) is 10.5 Å². The van der Waals surface area contributed by atoms with Crippen LogP contribution >= 0.6 is 0 Å². The first-order chi connectivity index (χ1) is 19.1. The molecule has 1 saturated heterocycles. The number of nitriles is 2. The highest BCUT2D eigenvalue weighted by atomic mass is 16.6. The lowest BCUT2D eigenvalue weighted by Crippen LogP contribution is -2.65. The predicted octanol–water partition coefficient (Wildman–Crippen LogP) is 0.612. The summed E-state index contributed by atoms with van der Waals surface area (Å²) in [5.41, 5.74) is 4.35. The fourth-order valence-electron chi connectivity index (χ4n) is 4.39. The monoisotopic (exact) mass is 542 g/mol. The molecule has 0 radical (unpaired) electrons. The fraction of sp³-hybridized carbons (Fsp3) is 0.250. The molecule has 2 heterocycles. The summed E-state index contributed by atoms with van der Waals surface area (Å²) in [5, 5.41) is 66.9. The number of anilines is 4. The summed E-state index contributed by atoms with van der Waals surface area (Å²) in [7, 11) is 0. The van der Waals surface area contributed by atoms with E-state index in [1.807, 2.05) is 38.1 Å². The molecule has 1 aromatic heterocycles. The molecule has 0 spiro atoms. The zero-order valence-corrected chi connectivity index (χ0v) is 21.5. The third-order valence-electron chi connectivity index (χ3n) is 6.39. The minimum Gasteiger partial charge on any atom is -0.547 e. The van der Waals surface area contributed by atoms with Crippen molar-refractivity contribution < 1.29 is 34.5 Å². The molecule has 12 heteroatoms. The second kappa shape index (κ2) is 11.9. The Morgan fingerprint density at radius 1 is 1.05 bits per heavy atom. The average Bonchev–Trinajstić information content (AvgIpc) is 2.93. The summed E-state index contributed by atoms with van der Waals surface area (Å²) in [6.07, 6.45) is -4.26. The predicted molar refractivity (Wildman–Crippen MR) is 140 cm³/mol. The number of nitrogens with zero attached hydrogens (tertiary/aromatic N) is 4. The van der Waals surface area contributed by atoms with Crippen LogP contribution in [0, 0.1) is 36.5 Å². The van der Waals surface area contributed by atoms with Crippen LogP contribution in [0.3, 0.4) is 0 Å². The van der Waals surface area contributed by atoms with Crippen molar-refractivity contribution in [2.24, 2.45) is 0 Å². The number of hydrogen-bond acceptors (Lipinski definition) is 11. The van der Waals surface area contributed by atoms with E-state index in [2.05, 4.69) is 15.6 Å². The maximum absolute atomic E-state index is 11.5. The maximum Gasteiger partial charge on any atom is 0.400 e. The van der Waals surface area contributed by atoms with Crippen LogP contribution in [0.2, 0.25) is 0 Å². The number of carbonyl (C=O) groups excluding carboxylic acids is 1. The molecule has 3 aromatic rings. The summed E-state index contributed by atoms with van der Waals surface area (Å²) < 4.78 is 6.74. The number of aliphatic hydroxyl groups is 3. The van der Waals surface area contributed by atoms with Crippen molar-refractivity contribution in [1.29, 1.82) is 10.5 Å². The first kappa shape index (κ1) is 28.2. The van der Waals surface area contributed by atoms with Crippen LogP contribution in [0.15, 0.2) is 54.7 Å². The average molecular weight is 543 g/mol. The largest absolute Gasteiger partial charge is 0.547 e. The van der Waals surface area contributed by atoms with Crippen LogP contribution in [0.4, 0.5) is 23.1 Å². The van der Waals surface area contributed by atoms with Gasteiger partial charge in [0.1, 0.15) is 24.4 Å². The van der Waals surface area contributed by atoms with Gasteiger partial charge in [0.05, 0.1) is 35.6 Å². The Labute approximate surface area is 229 Å². The number of carboxylic acid groups (broad SMARTS) is 1. The van der Waals surface area contributed by atoms with E-state index >= 15 is 0 Å². The Morgan fingerprint density at radius 2 is 1.73 bits per heavy atom. The molecular formula is C28H26N6O6. The van der Waals surface area contributed by atoms with Gasteiger partial charge in [0, 0.05) is 17.8 Å². The molecular weight excluding hydrogens is 516 g/mol. The summed E-state index contributed by atoms with van der Waals surface area (Å²) in [6.45, 7) is 3.80. The summed E-state index contributed by atoms with van der Waals surface area (Å²) in [6, 6.07) is 15.8. The molecule has 1 fully saturated rings. The molecule has 204 valence electrons. The number of allylic oxidation sites excluding steroid dienone is 1. The number of aliphatic carboxylic acids is 1. The SMILES string of the molecule is Cc1cc(/C=C/C#N)cc(C)c1Nc1cc[n+]([C@@H]2O[C@H](C(=O)[O-])[C@@H](O)[C@H](O)[C@H]2O)c(Nc2ccc(C#N)cc2)n1. The molecule has 0 saturated carbocycles. The molecule has 1 aliphatic heterocycles. The van der Waals surface area contributed by atoms with Crippen LogP contribution in [-0.2, 0) is 9.53 Å². The number of rotatable bonds is 7. The van der Waals surface area contributed by atoms with Crippen LogP contribution in [0.5, 0.6) is 0 Å². The topological polar surface area (TPSA) is 198 Å². The number of carbonyl (C=O) groups is 1. The highest BCUT2D eigenvalue weighted by molar-refractivity contribution is 5.71. The van der Waals surface area contributed by atoms with Gasteiger partial charge in [-0.05, 0) is 73.0 Å². The van der Waals surface area contributed by atoms with Crippen molar-refractivity contribution in [2.75, 3.05) is 10.6 Å². The van der Waals surface area contributed by atoms with Crippen molar-refractivity contribution in [3.05, 3.63) is 77.0 Å². The summed E-state index contributed by atoms with van der Waals surface area (Å²) in [4.78, 5) is 16.2. The standard InChI is InChI=1S/C28H26N6O6/c1-15-12-18(4-3-10-29)13-16(2)21(15)32-20-9-11-34(26-24(37)22(35)23(36)25(40-26)27(38)39)28(33-20)31-19-7-5-17(14-30)6-8-19/h3-9,11-13,22-26,35-37H,1-2H3,(H2,31,32,33,38,39)/b4-3+/t22-,23-,24+,25-,26+/m0/s1. The van der Waals surface area contributed by atoms with Crippen LogP contribution in [0.1, 0.15) is 28.5 Å². The smallest absolute Gasteiger partial charge is 0.400 e. The third-order valence-corrected chi connectivity index (χ3v) is 6.39. The number of aryl methyl sites for hydroxylation is 2. The first-order valence-electron chi connectivity index (χ1n) is 12.2. The second-order valence-corrected chi connectivity index (χ2v) is 9.21. The Bertz CT molecular complexity index is 1500. The maximum atomic E-state index is 11.5.